The van der Waals surface area contributed by atoms with Crippen LogP contribution in [0.15, 0.2) is 21.7 Å². The predicted molar refractivity (Wildman–Crippen MR) is 64.8 cm³/mol. The molecule has 1 aromatic heterocycles. The van der Waals surface area contributed by atoms with Crippen LogP contribution in [0.2, 0.25) is 0 Å². The Labute approximate surface area is 100 Å². The Hall–Kier alpha value is -0.430. The number of rotatable bonds is 2. The SMILES string of the molecule is CC1CC(N)CN(S(=O)(=O)c2cccs2)C1. The Morgan fingerprint density at radius 1 is 1.50 bits per heavy atom. The highest BCUT2D eigenvalue weighted by atomic mass is 32.2. The average molecular weight is 260 g/mol. The monoisotopic (exact) mass is 260 g/mol. The van der Waals surface area contributed by atoms with Crippen LogP contribution >= 0.6 is 11.3 Å². The number of thiophene rings is 1. The van der Waals surface area contributed by atoms with E-state index in [1.165, 1.54) is 15.6 Å². The lowest BCUT2D eigenvalue weighted by molar-refractivity contribution is 0.255. The van der Waals surface area contributed by atoms with E-state index in [2.05, 4.69) is 0 Å². The number of piperidine rings is 1. The number of hydrogen-bond acceptors (Lipinski definition) is 4. The molecule has 1 saturated heterocycles. The number of sulfonamides is 1. The summed E-state index contributed by atoms with van der Waals surface area (Å²) >= 11 is 1.26. The van der Waals surface area contributed by atoms with E-state index in [9.17, 15) is 8.42 Å². The van der Waals surface area contributed by atoms with Crippen molar-refractivity contribution in [2.45, 2.75) is 23.6 Å². The van der Waals surface area contributed by atoms with Gasteiger partial charge in [-0.1, -0.05) is 13.0 Å². The van der Waals surface area contributed by atoms with Crippen molar-refractivity contribution in [2.24, 2.45) is 11.7 Å². The number of nitrogens with two attached hydrogens (primary N) is 1. The molecule has 2 rings (SSSR count). The first-order valence-electron chi connectivity index (χ1n) is 5.29. The lowest BCUT2D eigenvalue weighted by Gasteiger charge is -2.33. The van der Waals surface area contributed by atoms with Crippen LogP contribution in [0.4, 0.5) is 0 Å². The Morgan fingerprint density at radius 3 is 2.81 bits per heavy atom. The van der Waals surface area contributed by atoms with Crippen molar-refractivity contribution in [3.05, 3.63) is 17.5 Å². The molecule has 0 aromatic carbocycles. The topological polar surface area (TPSA) is 63.4 Å². The summed E-state index contributed by atoms with van der Waals surface area (Å²) in [6.07, 6.45) is 0.899. The molecule has 4 nitrogen and oxygen atoms in total. The maximum Gasteiger partial charge on any atom is 0.252 e. The molecule has 0 radical (unpaired) electrons. The van der Waals surface area contributed by atoms with Gasteiger partial charge in [0.2, 0.25) is 0 Å². The van der Waals surface area contributed by atoms with Crippen LogP contribution in [0.3, 0.4) is 0 Å². The highest BCUT2D eigenvalue weighted by Gasteiger charge is 2.32. The fraction of sp³-hybridized carbons (Fsp3) is 0.600. The van der Waals surface area contributed by atoms with Crippen molar-refractivity contribution >= 4 is 21.4 Å². The first-order chi connectivity index (χ1) is 7.50. The maximum atomic E-state index is 12.2. The quantitative estimate of drug-likeness (QED) is 0.866. The maximum absolute atomic E-state index is 12.2. The molecule has 1 aliphatic rings. The molecule has 6 heteroatoms. The van der Waals surface area contributed by atoms with E-state index in [0.717, 1.165) is 6.42 Å². The van der Waals surface area contributed by atoms with Gasteiger partial charge >= 0.3 is 0 Å². The zero-order valence-corrected chi connectivity index (χ0v) is 10.8. The fourth-order valence-corrected chi connectivity index (χ4v) is 4.84. The number of nitrogens with zero attached hydrogens (tertiary/aromatic N) is 1. The normalized spacial score (nSPS) is 28.1. The van der Waals surface area contributed by atoms with Gasteiger partial charge in [-0.3, -0.25) is 0 Å². The van der Waals surface area contributed by atoms with Crippen LogP contribution in [-0.2, 0) is 10.0 Å². The largest absolute Gasteiger partial charge is 0.326 e. The smallest absolute Gasteiger partial charge is 0.252 e. The number of hydrogen-bond donors (Lipinski definition) is 1. The zero-order valence-electron chi connectivity index (χ0n) is 9.17. The molecule has 0 saturated carbocycles. The minimum atomic E-state index is -3.31. The molecule has 2 heterocycles. The molecule has 0 aliphatic carbocycles. The van der Waals surface area contributed by atoms with Gasteiger partial charge in [-0.2, -0.15) is 4.31 Å². The molecule has 1 aromatic rings. The third kappa shape index (κ3) is 2.29. The molecule has 16 heavy (non-hydrogen) atoms. The second-order valence-electron chi connectivity index (χ2n) is 4.36. The fourth-order valence-electron chi connectivity index (χ4n) is 2.08. The first kappa shape index (κ1) is 12.0. The molecule has 0 amide bonds. The van der Waals surface area contributed by atoms with Crippen molar-refractivity contribution in [1.29, 1.82) is 0 Å². The van der Waals surface area contributed by atoms with E-state index in [0.29, 0.717) is 23.2 Å². The molecule has 1 fully saturated rings. The Bertz CT molecular complexity index is 431. The van der Waals surface area contributed by atoms with Crippen LogP contribution in [0.5, 0.6) is 0 Å². The van der Waals surface area contributed by atoms with Crippen molar-refractivity contribution in [3.63, 3.8) is 0 Å². The molecule has 0 spiro atoms. The van der Waals surface area contributed by atoms with E-state index >= 15 is 0 Å². The van der Waals surface area contributed by atoms with E-state index in [4.69, 9.17) is 5.73 Å². The van der Waals surface area contributed by atoms with Gasteiger partial charge in [0.15, 0.2) is 0 Å². The summed E-state index contributed by atoms with van der Waals surface area (Å²) in [6.45, 7) is 3.05. The summed E-state index contributed by atoms with van der Waals surface area (Å²) in [5.74, 6) is 0.332. The molecule has 2 N–H and O–H groups in total. The zero-order chi connectivity index (χ0) is 11.8. The highest BCUT2D eigenvalue weighted by molar-refractivity contribution is 7.91. The molecular weight excluding hydrogens is 244 g/mol. The summed E-state index contributed by atoms with van der Waals surface area (Å²) in [4.78, 5) is 0. The average Bonchev–Trinajstić information content (AvgIpc) is 2.69. The molecule has 2 atom stereocenters. The van der Waals surface area contributed by atoms with Gasteiger partial charge < -0.3 is 5.73 Å². The lowest BCUT2D eigenvalue weighted by atomic mass is 9.99. The molecular formula is C10H16N2O2S2. The predicted octanol–water partition coefficient (Wildman–Crippen LogP) is 1.11. The Morgan fingerprint density at radius 2 is 2.25 bits per heavy atom. The van der Waals surface area contributed by atoms with Crippen LogP contribution in [-0.4, -0.2) is 31.9 Å². The van der Waals surface area contributed by atoms with E-state index in [1.54, 1.807) is 17.5 Å². The molecule has 0 bridgehead atoms. The van der Waals surface area contributed by atoms with Gasteiger partial charge in [-0.15, -0.1) is 11.3 Å². The molecule has 90 valence electrons. The highest BCUT2D eigenvalue weighted by Crippen LogP contribution is 2.25. The van der Waals surface area contributed by atoms with Crippen molar-refractivity contribution < 1.29 is 8.42 Å². The van der Waals surface area contributed by atoms with Crippen LogP contribution in [0.25, 0.3) is 0 Å². The minimum absolute atomic E-state index is 0.0431. The summed E-state index contributed by atoms with van der Waals surface area (Å²) < 4.78 is 26.4. The summed E-state index contributed by atoms with van der Waals surface area (Å²) in [5.41, 5.74) is 5.86. The van der Waals surface area contributed by atoms with Gasteiger partial charge in [0.1, 0.15) is 4.21 Å². The lowest BCUT2D eigenvalue weighted by Crippen LogP contribution is -2.48. The van der Waals surface area contributed by atoms with Gasteiger partial charge in [0.05, 0.1) is 0 Å². The standard InChI is InChI=1S/C10H16N2O2S2/c1-8-5-9(11)7-12(6-8)16(13,14)10-3-2-4-15-10/h2-4,8-9H,5-7,11H2,1H3. The van der Waals surface area contributed by atoms with Crippen molar-refractivity contribution in [1.82, 2.24) is 4.31 Å². The molecule has 1 aliphatic heterocycles. The van der Waals surface area contributed by atoms with Gasteiger partial charge in [-0.05, 0) is 23.8 Å². The van der Waals surface area contributed by atoms with Gasteiger partial charge in [0.25, 0.3) is 10.0 Å². The second kappa shape index (κ2) is 4.44. The van der Waals surface area contributed by atoms with Gasteiger partial charge in [0, 0.05) is 19.1 Å². The third-order valence-electron chi connectivity index (χ3n) is 2.75. The minimum Gasteiger partial charge on any atom is -0.326 e. The van der Waals surface area contributed by atoms with Crippen LogP contribution in [0.1, 0.15) is 13.3 Å². The van der Waals surface area contributed by atoms with Crippen molar-refractivity contribution in [3.8, 4) is 0 Å². The van der Waals surface area contributed by atoms with Crippen molar-refractivity contribution in [2.75, 3.05) is 13.1 Å². The Balaban J connectivity index is 2.24. The van der Waals surface area contributed by atoms with E-state index < -0.39 is 10.0 Å². The summed E-state index contributed by atoms with van der Waals surface area (Å²) in [7, 11) is -3.31. The Kier molecular flexibility index (Phi) is 3.34. The second-order valence-corrected chi connectivity index (χ2v) is 7.47. The first-order valence-corrected chi connectivity index (χ1v) is 7.61. The van der Waals surface area contributed by atoms with E-state index in [1.807, 2.05) is 6.92 Å². The third-order valence-corrected chi connectivity index (χ3v) is 5.95. The van der Waals surface area contributed by atoms with Gasteiger partial charge in [-0.25, -0.2) is 8.42 Å². The van der Waals surface area contributed by atoms with E-state index in [-0.39, 0.29) is 6.04 Å². The summed E-state index contributed by atoms with van der Waals surface area (Å²) in [6, 6.07) is 3.36. The van der Waals surface area contributed by atoms with Crippen LogP contribution in [0, 0.1) is 5.92 Å². The van der Waals surface area contributed by atoms with Crippen LogP contribution < -0.4 is 5.73 Å². The summed E-state index contributed by atoms with van der Waals surface area (Å²) in [5, 5.41) is 1.78. The molecule has 2 unspecified atom stereocenters.